The van der Waals surface area contributed by atoms with Crippen LogP contribution in [-0.2, 0) is 6.54 Å². The molecule has 9 heteroatoms. The fraction of sp³-hybridized carbons (Fsp3) is 0.444. The molecule has 4 heterocycles. The van der Waals surface area contributed by atoms with Gasteiger partial charge >= 0.3 is 6.03 Å². The van der Waals surface area contributed by atoms with Gasteiger partial charge in [0, 0.05) is 44.3 Å². The van der Waals surface area contributed by atoms with Crippen LogP contribution in [0.2, 0.25) is 0 Å². The molecule has 0 atom stereocenters. The van der Waals surface area contributed by atoms with Crippen LogP contribution in [0.5, 0.6) is 0 Å². The third-order valence-corrected chi connectivity index (χ3v) is 5.57. The van der Waals surface area contributed by atoms with Gasteiger partial charge in [-0.3, -0.25) is 4.98 Å². The van der Waals surface area contributed by atoms with Gasteiger partial charge in [0.05, 0.1) is 18.4 Å². The summed E-state index contributed by atoms with van der Waals surface area (Å²) in [4.78, 5) is 26.3. The highest BCUT2D eigenvalue weighted by atomic mass is 32.1. The lowest BCUT2D eigenvalue weighted by Crippen LogP contribution is -2.41. The molecule has 1 saturated heterocycles. The molecule has 1 aliphatic rings. The fourth-order valence-corrected chi connectivity index (χ4v) is 4.13. The maximum Gasteiger partial charge on any atom is 0.317 e. The van der Waals surface area contributed by atoms with E-state index in [1.54, 1.807) is 15.9 Å². The monoisotopic (exact) mass is 385 g/mol. The first kappa shape index (κ1) is 17.7. The molecule has 0 aromatic carbocycles. The number of hydrogen-bond acceptors (Lipinski definition) is 6. The van der Waals surface area contributed by atoms with Crippen LogP contribution in [0.15, 0.2) is 24.7 Å². The van der Waals surface area contributed by atoms with E-state index >= 15 is 0 Å². The smallest absolute Gasteiger partial charge is 0.317 e. The zero-order valence-corrected chi connectivity index (χ0v) is 16.4. The fourth-order valence-electron chi connectivity index (χ4n) is 3.39. The number of urea groups is 1. The van der Waals surface area contributed by atoms with E-state index < -0.39 is 0 Å². The summed E-state index contributed by atoms with van der Waals surface area (Å²) in [5, 5.41) is 8.31. The summed E-state index contributed by atoms with van der Waals surface area (Å²) in [6, 6.07) is 2.01. The number of pyridine rings is 1. The second kappa shape index (κ2) is 7.51. The van der Waals surface area contributed by atoms with E-state index in [9.17, 15) is 4.79 Å². The molecule has 0 saturated carbocycles. The number of anilines is 1. The average molecular weight is 385 g/mol. The topological polar surface area (TPSA) is 78.7 Å². The number of nitrogens with one attached hydrogen (secondary N) is 1. The van der Waals surface area contributed by atoms with Gasteiger partial charge in [-0.15, -0.1) is 0 Å². The molecular formula is C18H23N7OS. The number of aromatic nitrogens is 4. The van der Waals surface area contributed by atoms with E-state index in [0.717, 1.165) is 41.7 Å². The van der Waals surface area contributed by atoms with Crippen molar-refractivity contribution in [3.8, 4) is 0 Å². The second-order valence-electron chi connectivity index (χ2n) is 6.73. The van der Waals surface area contributed by atoms with E-state index in [1.165, 1.54) is 11.3 Å². The van der Waals surface area contributed by atoms with Gasteiger partial charge in [-0.2, -0.15) is 5.10 Å². The van der Waals surface area contributed by atoms with Crippen molar-refractivity contribution in [3.05, 3.63) is 40.9 Å². The predicted molar refractivity (Wildman–Crippen MR) is 105 cm³/mol. The van der Waals surface area contributed by atoms with Crippen LogP contribution in [0.3, 0.4) is 0 Å². The summed E-state index contributed by atoms with van der Waals surface area (Å²) in [5.74, 6) is 0. The van der Waals surface area contributed by atoms with Crippen LogP contribution < -0.4 is 10.2 Å². The molecule has 8 nitrogen and oxygen atoms in total. The molecule has 3 aromatic heterocycles. The Bertz CT molecular complexity index is 919. The van der Waals surface area contributed by atoms with Crippen LogP contribution in [0.25, 0.3) is 4.96 Å². The van der Waals surface area contributed by atoms with E-state index in [4.69, 9.17) is 0 Å². The molecule has 0 spiro atoms. The van der Waals surface area contributed by atoms with Gasteiger partial charge in [0.2, 0.25) is 4.96 Å². The van der Waals surface area contributed by atoms with Gasteiger partial charge in [-0.25, -0.2) is 14.3 Å². The van der Waals surface area contributed by atoms with Crippen molar-refractivity contribution in [2.24, 2.45) is 0 Å². The first-order valence-electron chi connectivity index (χ1n) is 9.10. The molecule has 142 valence electrons. The summed E-state index contributed by atoms with van der Waals surface area (Å²) in [5.41, 5.74) is 3.19. The van der Waals surface area contributed by atoms with Crippen molar-refractivity contribution in [1.29, 1.82) is 0 Å². The lowest BCUT2D eigenvalue weighted by Gasteiger charge is -2.25. The number of rotatable bonds is 3. The average Bonchev–Trinajstić information content (AvgIpc) is 3.06. The molecule has 0 radical (unpaired) electrons. The molecule has 1 N–H and O–H groups in total. The number of fused-ring (bicyclic) bond motifs is 1. The first-order valence-corrected chi connectivity index (χ1v) is 9.92. The quantitative estimate of drug-likeness (QED) is 0.748. The lowest BCUT2D eigenvalue weighted by atomic mass is 10.2. The Labute approximate surface area is 161 Å². The third-order valence-electron chi connectivity index (χ3n) is 4.73. The van der Waals surface area contributed by atoms with Crippen LogP contribution >= 0.6 is 11.3 Å². The van der Waals surface area contributed by atoms with E-state index in [2.05, 4.69) is 32.2 Å². The minimum absolute atomic E-state index is 0.0382. The van der Waals surface area contributed by atoms with Crippen molar-refractivity contribution in [1.82, 2.24) is 29.8 Å². The molecule has 0 aliphatic carbocycles. The zero-order valence-electron chi connectivity index (χ0n) is 15.6. The number of carbonyl (C=O) groups excluding carboxylic acids is 1. The maximum atomic E-state index is 12.6. The van der Waals surface area contributed by atoms with Gasteiger partial charge in [-0.1, -0.05) is 11.3 Å². The van der Waals surface area contributed by atoms with E-state index in [0.29, 0.717) is 13.1 Å². The summed E-state index contributed by atoms with van der Waals surface area (Å²) in [6.45, 7) is 7.66. The standard InChI is InChI=1S/C18H23N7OS/c1-13-10-19-5-4-16(13)23-6-3-7-24(9-8-23)17(26)20-11-15-12-25-18(21-15)27-14(2)22-25/h4-5,10,12H,3,6-9,11H2,1-2H3,(H,20,26). The maximum absolute atomic E-state index is 12.6. The van der Waals surface area contributed by atoms with Gasteiger partial charge in [0.25, 0.3) is 0 Å². The number of nitrogens with zero attached hydrogens (tertiary/aromatic N) is 6. The highest BCUT2D eigenvalue weighted by Gasteiger charge is 2.20. The van der Waals surface area contributed by atoms with Crippen molar-refractivity contribution in [3.63, 3.8) is 0 Å². The Morgan fingerprint density at radius 3 is 2.96 bits per heavy atom. The van der Waals surface area contributed by atoms with Gasteiger partial charge in [0.1, 0.15) is 5.01 Å². The van der Waals surface area contributed by atoms with Crippen LogP contribution in [0.4, 0.5) is 10.5 Å². The molecule has 0 unspecified atom stereocenters. The van der Waals surface area contributed by atoms with Crippen molar-refractivity contribution in [2.75, 3.05) is 31.1 Å². The Morgan fingerprint density at radius 1 is 1.26 bits per heavy atom. The number of amides is 2. The summed E-state index contributed by atoms with van der Waals surface area (Å²) < 4.78 is 1.77. The molecule has 1 fully saturated rings. The van der Waals surface area contributed by atoms with Crippen molar-refractivity contribution in [2.45, 2.75) is 26.8 Å². The molecule has 1 aliphatic heterocycles. The molecule has 0 bridgehead atoms. The normalized spacial score (nSPS) is 15.2. The number of hydrogen-bond donors (Lipinski definition) is 1. The molecule has 3 aromatic rings. The minimum Gasteiger partial charge on any atom is -0.369 e. The highest BCUT2D eigenvalue weighted by Crippen LogP contribution is 2.20. The Morgan fingerprint density at radius 2 is 2.15 bits per heavy atom. The number of imidazole rings is 1. The molecule has 27 heavy (non-hydrogen) atoms. The van der Waals surface area contributed by atoms with Crippen LogP contribution in [0.1, 0.15) is 22.7 Å². The second-order valence-corrected chi connectivity index (χ2v) is 7.89. The molecule has 4 rings (SSSR count). The van der Waals surface area contributed by atoms with Crippen molar-refractivity contribution < 1.29 is 4.79 Å². The third kappa shape index (κ3) is 3.87. The van der Waals surface area contributed by atoms with E-state index in [-0.39, 0.29) is 6.03 Å². The number of carbonyl (C=O) groups is 1. The Hall–Kier alpha value is -2.68. The summed E-state index contributed by atoms with van der Waals surface area (Å²) >= 11 is 1.54. The molecule has 2 amide bonds. The lowest BCUT2D eigenvalue weighted by molar-refractivity contribution is 0.201. The SMILES string of the molecule is Cc1nn2cc(CNC(=O)N3CCCN(c4ccncc4C)CC3)nc2s1. The summed E-state index contributed by atoms with van der Waals surface area (Å²) in [6.07, 6.45) is 6.52. The van der Waals surface area contributed by atoms with Crippen LogP contribution in [0, 0.1) is 13.8 Å². The number of aryl methyl sites for hydroxylation is 2. The summed E-state index contributed by atoms with van der Waals surface area (Å²) in [7, 11) is 0. The molecular weight excluding hydrogens is 362 g/mol. The Kier molecular flexibility index (Phi) is 4.93. The first-order chi connectivity index (χ1) is 13.1. The minimum atomic E-state index is -0.0382. The predicted octanol–water partition coefficient (Wildman–Crippen LogP) is 2.22. The highest BCUT2D eigenvalue weighted by molar-refractivity contribution is 7.16. The Balaban J connectivity index is 1.33. The largest absolute Gasteiger partial charge is 0.369 e. The van der Waals surface area contributed by atoms with E-state index in [1.807, 2.05) is 36.5 Å². The zero-order chi connectivity index (χ0) is 18.8. The van der Waals surface area contributed by atoms with Crippen LogP contribution in [-0.4, -0.2) is 56.7 Å². The van der Waals surface area contributed by atoms with Gasteiger partial charge < -0.3 is 15.1 Å². The van der Waals surface area contributed by atoms with Gasteiger partial charge in [-0.05, 0) is 31.9 Å². The van der Waals surface area contributed by atoms with Gasteiger partial charge in [0.15, 0.2) is 0 Å². The van der Waals surface area contributed by atoms with Crippen molar-refractivity contribution >= 4 is 28.0 Å².